The van der Waals surface area contributed by atoms with Crippen molar-refractivity contribution in [3.05, 3.63) is 0 Å². The molecule has 15 heavy (non-hydrogen) atoms. The average molecular weight is 209 g/mol. The summed E-state index contributed by atoms with van der Waals surface area (Å²) in [5.41, 5.74) is 0. The molecule has 1 heteroatoms. The fourth-order valence-electron chi connectivity index (χ4n) is 3.59. The normalized spacial score (nSPS) is 33.8. The third kappa shape index (κ3) is 3.21. The SMILES string of the molecule is CCCCCCNCC1CC2CCC1C2. The molecule has 0 spiro atoms. The van der Waals surface area contributed by atoms with Gasteiger partial charge in [0.2, 0.25) is 0 Å². The van der Waals surface area contributed by atoms with Crippen LogP contribution in [-0.2, 0) is 0 Å². The molecule has 0 aromatic heterocycles. The molecular formula is C14H27N. The summed E-state index contributed by atoms with van der Waals surface area (Å²) in [6.45, 7) is 4.85. The quantitative estimate of drug-likeness (QED) is 0.632. The lowest BCUT2D eigenvalue weighted by atomic mass is 9.89. The number of unbranched alkanes of at least 4 members (excludes halogenated alkanes) is 3. The van der Waals surface area contributed by atoms with Crippen molar-refractivity contribution in [3.8, 4) is 0 Å². The Balaban J connectivity index is 1.48. The smallest absolute Gasteiger partial charge is 0.00178 e. The highest BCUT2D eigenvalue weighted by atomic mass is 14.9. The van der Waals surface area contributed by atoms with Crippen LogP contribution in [0.25, 0.3) is 0 Å². The van der Waals surface area contributed by atoms with Crippen LogP contribution in [-0.4, -0.2) is 13.1 Å². The first-order valence-electron chi connectivity index (χ1n) is 7.11. The van der Waals surface area contributed by atoms with Gasteiger partial charge in [0.25, 0.3) is 0 Å². The van der Waals surface area contributed by atoms with E-state index in [4.69, 9.17) is 0 Å². The van der Waals surface area contributed by atoms with E-state index in [1.54, 1.807) is 6.42 Å². The number of nitrogens with one attached hydrogen (secondary N) is 1. The molecule has 0 heterocycles. The Morgan fingerprint density at radius 1 is 1.07 bits per heavy atom. The summed E-state index contributed by atoms with van der Waals surface area (Å²) in [5.74, 6) is 3.25. The first-order valence-corrected chi connectivity index (χ1v) is 7.11. The van der Waals surface area contributed by atoms with Crippen LogP contribution in [0.3, 0.4) is 0 Å². The van der Waals surface area contributed by atoms with E-state index in [-0.39, 0.29) is 0 Å². The van der Waals surface area contributed by atoms with Crippen molar-refractivity contribution in [2.24, 2.45) is 17.8 Å². The number of rotatable bonds is 7. The maximum Gasteiger partial charge on any atom is -0.00178 e. The van der Waals surface area contributed by atoms with Gasteiger partial charge in [0.05, 0.1) is 0 Å². The molecule has 0 aromatic carbocycles. The molecule has 2 saturated carbocycles. The van der Waals surface area contributed by atoms with Crippen molar-refractivity contribution in [2.45, 2.75) is 58.3 Å². The molecule has 0 saturated heterocycles. The Bertz CT molecular complexity index is 178. The minimum Gasteiger partial charge on any atom is -0.316 e. The van der Waals surface area contributed by atoms with Gasteiger partial charge < -0.3 is 5.32 Å². The maximum absolute atomic E-state index is 3.67. The van der Waals surface area contributed by atoms with Crippen molar-refractivity contribution >= 4 is 0 Å². The molecule has 0 amide bonds. The van der Waals surface area contributed by atoms with Gasteiger partial charge in [-0.05, 0) is 56.5 Å². The Hall–Kier alpha value is -0.0400. The van der Waals surface area contributed by atoms with Crippen LogP contribution in [0.1, 0.15) is 58.3 Å². The van der Waals surface area contributed by atoms with Gasteiger partial charge in [-0.2, -0.15) is 0 Å². The van der Waals surface area contributed by atoms with Crippen LogP contribution < -0.4 is 5.32 Å². The number of hydrogen-bond donors (Lipinski definition) is 1. The van der Waals surface area contributed by atoms with Gasteiger partial charge in [0.15, 0.2) is 0 Å². The van der Waals surface area contributed by atoms with Crippen LogP contribution >= 0.6 is 0 Å². The Kier molecular flexibility index (Phi) is 4.49. The van der Waals surface area contributed by atoms with Crippen molar-refractivity contribution in [2.75, 3.05) is 13.1 Å². The molecule has 1 nitrogen and oxygen atoms in total. The first kappa shape index (κ1) is 11.4. The minimum atomic E-state index is 1.04. The number of fused-ring (bicyclic) bond motifs is 2. The lowest BCUT2D eigenvalue weighted by Crippen LogP contribution is -2.27. The monoisotopic (exact) mass is 209 g/mol. The Morgan fingerprint density at radius 2 is 2.00 bits per heavy atom. The maximum atomic E-state index is 3.67. The van der Waals surface area contributed by atoms with Crippen molar-refractivity contribution in [1.82, 2.24) is 5.32 Å². The summed E-state index contributed by atoms with van der Waals surface area (Å²) in [7, 11) is 0. The molecule has 2 aliphatic rings. The van der Waals surface area contributed by atoms with E-state index in [2.05, 4.69) is 12.2 Å². The zero-order valence-corrected chi connectivity index (χ0v) is 10.3. The molecule has 2 fully saturated rings. The molecule has 3 unspecified atom stereocenters. The predicted octanol–water partition coefficient (Wildman–Crippen LogP) is 3.59. The summed E-state index contributed by atoms with van der Waals surface area (Å²) < 4.78 is 0. The molecule has 88 valence electrons. The minimum absolute atomic E-state index is 1.04. The summed E-state index contributed by atoms with van der Waals surface area (Å²) >= 11 is 0. The highest BCUT2D eigenvalue weighted by Gasteiger charge is 2.38. The molecule has 2 rings (SSSR count). The van der Waals surface area contributed by atoms with E-state index in [1.165, 1.54) is 58.0 Å². The van der Waals surface area contributed by atoms with Crippen LogP contribution in [0.4, 0.5) is 0 Å². The zero-order valence-electron chi connectivity index (χ0n) is 10.3. The van der Waals surface area contributed by atoms with Crippen LogP contribution in [0.15, 0.2) is 0 Å². The van der Waals surface area contributed by atoms with Crippen LogP contribution in [0, 0.1) is 17.8 Å². The predicted molar refractivity (Wildman–Crippen MR) is 65.9 cm³/mol. The lowest BCUT2D eigenvalue weighted by molar-refractivity contribution is 0.318. The fourth-order valence-corrected chi connectivity index (χ4v) is 3.59. The Morgan fingerprint density at radius 3 is 2.67 bits per heavy atom. The summed E-state index contributed by atoms with van der Waals surface area (Å²) in [5, 5.41) is 3.67. The summed E-state index contributed by atoms with van der Waals surface area (Å²) in [4.78, 5) is 0. The van der Waals surface area contributed by atoms with E-state index in [1.807, 2.05) is 0 Å². The standard InChI is InChI=1S/C14H27N/c1-2-3-4-5-8-15-11-14-10-12-6-7-13(14)9-12/h12-15H,2-11H2,1H3. The highest BCUT2D eigenvalue weighted by molar-refractivity contribution is 4.90. The van der Waals surface area contributed by atoms with Gasteiger partial charge in [0, 0.05) is 0 Å². The largest absolute Gasteiger partial charge is 0.316 e. The van der Waals surface area contributed by atoms with Gasteiger partial charge in [-0.25, -0.2) is 0 Å². The van der Waals surface area contributed by atoms with Gasteiger partial charge in [-0.3, -0.25) is 0 Å². The second-order valence-electron chi connectivity index (χ2n) is 5.70. The summed E-state index contributed by atoms with van der Waals surface area (Å²) in [6, 6.07) is 0. The third-order valence-corrected chi connectivity index (χ3v) is 4.50. The molecular weight excluding hydrogens is 182 g/mol. The molecule has 0 aromatic rings. The van der Waals surface area contributed by atoms with E-state index >= 15 is 0 Å². The molecule has 0 radical (unpaired) electrons. The Labute approximate surface area is 95.0 Å². The second kappa shape index (κ2) is 5.89. The molecule has 2 aliphatic carbocycles. The fraction of sp³-hybridized carbons (Fsp3) is 1.00. The molecule has 3 atom stereocenters. The van der Waals surface area contributed by atoms with Gasteiger partial charge >= 0.3 is 0 Å². The second-order valence-corrected chi connectivity index (χ2v) is 5.70. The highest BCUT2D eigenvalue weighted by Crippen LogP contribution is 2.47. The molecule has 0 aliphatic heterocycles. The zero-order chi connectivity index (χ0) is 10.5. The third-order valence-electron chi connectivity index (χ3n) is 4.50. The van der Waals surface area contributed by atoms with E-state index in [9.17, 15) is 0 Å². The van der Waals surface area contributed by atoms with Crippen molar-refractivity contribution in [3.63, 3.8) is 0 Å². The van der Waals surface area contributed by atoms with Gasteiger partial charge in [-0.1, -0.05) is 32.6 Å². The summed E-state index contributed by atoms with van der Waals surface area (Å²) in [6.07, 6.45) is 11.7. The van der Waals surface area contributed by atoms with Gasteiger partial charge in [0.1, 0.15) is 0 Å². The number of hydrogen-bond acceptors (Lipinski definition) is 1. The molecule has 1 N–H and O–H groups in total. The van der Waals surface area contributed by atoms with Crippen molar-refractivity contribution < 1.29 is 0 Å². The van der Waals surface area contributed by atoms with Gasteiger partial charge in [-0.15, -0.1) is 0 Å². The first-order chi connectivity index (χ1) is 7.40. The van der Waals surface area contributed by atoms with Crippen LogP contribution in [0.2, 0.25) is 0 Å². The topological polar surface area (TPSA) is 12.0 Å². The van der Waals surface area contributed by atoms with E-state index in [0.717, 1.165) is 17.8 Å². The van der Waals surface area contributed by atoms with E-state index < -0.39 is 0 Å². The molecule has 2 bridgehead atoms. The lowest BCUT2D eigenvalue weighted by Gasteiger charge is -2.21. The van der Waals surface area contributed by atoms with Crippen molar-refractivity contribution in [1.29, 1.82) is 0 Å². The van der Waals surface area contributed by atoms with Crippen LogP contribution in [0.5, 0.6) is 0 Å². The average Bonchev–Trinajstić information content (AvgIpc) is 2.85. The van der Waals surface area contributed by atoms with E-state index in [0.29, 0.717) is 0 Å².